The van der Waals surface area contributed by atoms with Crippen molar-refractivity contribution in [2.75, 3.05) is 6.61 Å². The number of nitrogens with two attached hydrogens (primary N) is 1. The Balaban J connectivity index is 1.81. The van der Waals surface area contributed by atoms with Crippen LogP contribution in [0.25, 0.3) is 22.2 Å². The Morgan fingerprint density at radius 3 is 2.70 bits per heavy atom. The number of fused-ring (bicyclic) bond motifs is 1. The van der Waals surface area contributed by atoms with E-state index >= 15 is 0 Å². The summed E-state index contributed by atoms with van der Waals surface area (Å²) < 4.78 is 19.3. The molecule has 3 aromatic rings. The first-order valence-corrected chi connectivity index (χ1v) is 9.23. The molecule has 142 valence electrons. The third-order valence-corrected chi connectivity index (χ3v) is 4.46. The third kappa shape index (κ3) is 4.93. The second-order valence-electron chi connectivity index (χ2n) is 7.61. The second-order valence-corrected chi connectivity index (χ2v) is 7.97. The minimum absolute atomic E-state index is 0.240. The molecule has 0 bridgehead atoms. The normalized spacial score (nSPS) is 13.0. The number of pyridine rings is 2. The van der Waals surface area contributed by atoms with Crippen molar-refractivity contribution in [1.82, 2.24) is 9.97 Å². The average Bonchev–Trinajstić information content (AvgIpc) is 2.58. The molecule has 0 fully saturated rings. The van der Waals surface area contributed by atoms with Crippen molar-refractivity contribution >= 4 is 22.5 Å². The molecule has 0 spiro atoms. The van der Waals surface area contributed by atoms with Gasteiger partial charge < -0.3 is 10.5 Å². The molecular weight excluding hydrogens is 365 g/mol. The van der Waals surface area contributed by atoms with Gasteiger partial charge in [-0.05, 0) is 56.5 Å². The van der Waals surface area contributed by atoms with E-state index in [4.69, 9.17) is 22.1 Å². The van der Waals surface area contributed by atoms with Gasteiger partial charge in [-0.3, -0.25) is 4.98 Å². The first-order chi connectivity index (χ1) is 12.7. The Hall–Kier alpha value is -2.24. The standard InChI is InChI=1S/C21H23ClFN3O/c1-13(11-21(2,3)24)12-27-19-7-6-17(26-20(19)22)16-8-9-25-18-10-14(23)4-5-15(16)18/h4-10,13H,11-12,24H2,1-3H3/t13-/m0/s1. The molecule has 0 saturated carbocycles. The van der Waals surface area contributed by atoms with Crippen molar-refractivity contribution < 1.29 is 9.13 Å². The first kappa shape index (κ1) is 19.5. The molecule has 0 saturated heterocycles. The van der Waals surface area contributed by atoms with Crippen LogP contribution in [0.4, 0.5) is 4.39 Å². The lowest BCUT2D eigenvalue weighted by atomic mass is 9.93. The zero-order valence-corrected chi connectivity index (χ0v) is 16.4. The summed E-state index contributed by atoms with van der Waals surface area (Å²) in [4.78, 5) is 8.67. The summed E-state index contributed by atoms with van der Waals surface area (Å²) in [6, 6.07) is 10.00. The highest BCUT2D eigenvalue weighted by Crippen LogP contribution is 2.31. The molecule has 4 nitrogen and oxygen atoms in total. The molecule has 1 aromatic carbocycles. The Morgan fingerprint density at radius 2 is 2.00 bits per heavy atom. The highest BCUT2D eigenvalue weighted by atomic mass is 35.5. The van der Waals surface area contributed by atoms with E-state index in [1.807, 2.05) is 26.0 Å². The van der Waals surface area contributed by atoms with Gasteiger partial charge in [-0.15, -0.1) is 0 Å². The van der Waals surface area contributed by atoms with Crippen LogP contribution in [0, 0.1) is 11.7 Å². The van der Waals surface area contributed by atoms with E-state index in [0.29, 0.717) is 34.6 Å². The molecule has 3 rings (SSSR count). The summed E-state index contributed by atoms with van der Waals surface area (Å²) in [5.41, 5.74) is 7.91. The van der Waals surface area contributed by atoms with Crippen LogP contribution >= 0.6 is 11.6 Å². The minimum atomic E-state index is -0.323. The van der Waals surface area contributed by atoms with Gasteiger partial charge in [0.1, 0.15) is 5.82 Å². The minimum Gasteiger partial charge on any atom is -0.490 e. The van der Waals surface area contributed by atoms with Gasteiger partial charge in [0.15, 0.2) is 10.9 Å². The monoisotopic (exact) mass is 387 g/mol. The van der Waals surface area contributed by atoms with Gasteiger partial charge in [-0.25, -0.2) is 9.37 Å². The Kier molecular flexibility index (Phi) is 5.63. The van der Waals surface area contributed by atoms with E-state index < -0.39 is 0 Å². The number of halogens is 2. The Bertz CT molecular complexity index is 956. The van der Waals surface area contributed by atoms with E-state index in [2.05, 4.69) is 16.9 Å². The van der Waals surface area contributed by atoms with Gasteiger partial charge in [0, 0.05) is 28.8 Å². The molecular formula is C21H23ClFN3O. The number of hydrogen-bond donors (Lipinski definition) is 1. The van der Waals surface area contributed by atoms with Gasteiger partial charge >= 0.3 is 0 Å². The fourth-order valence-electron chi connectivity index (χ4n) is 3.21. The molecule has 6 heteroatoms. The number of rotatable bonds is 6. The summed E-state index contributed by atoms with van der Waals surface area (Å²) >= 11 is 6.34. The van der Waals surface area contributed by atoms with Crippen molar-refractivity contribution in [1.29, 1.82) is 0 Å². The summed E-state index contributed by atoms with van der Waals surface area (Å²) in [6.45, 7) is 6.60. The maximum atomic E-state index is 13.4. The van der Waals surface area contributed by atoms with Crippen molar-refractivity contribution in [3.8, 4) is 17.0 Å². The number of benzene rings is 1. The van der Waals surface area contributed by atoms with E-state index in [0.717, 1.165) is 17.4 Å². The predicted octanol–water partition coefficient (Wildman–Crippen LogP) is 5.23. The van der Waals surface area contributed by atoms with Gasteiger partial charge in [-0.1, -0.05) is 18.5 Å². The quantitative estimate of drug-likeness (QED) is 0.588. The van der Waals surface area contributed by atoms with Gasteiger partial charge in [0.25, 0.3) is 0 Å². The molecule has 2 N–H and O–H groups in total. The maximum absolute atomic E-state index is 13.4. The van der Waals surface area contributed by atoms with E-state index in [-0.39, 0.29) is 11.4 Å². The van der Waals surface area contributed by atoms with Crippen LogP contribution < -0.4 is 10.5 Å². The predicted molar refractivity (Wildman–Crippen MR) is 107 cm³/mol. The van der Waals surface area contributed by atoms with Crippen LogP contribution in [0.2, 0.25) is 5.15 Å². The largest absolute Gasteiger partial charge is 0.490 e. The highest BCUT2D eigenvalue weighted by molar-refractivity contribution is 6.31. The molecule has 0 aliphatic carbocycles. The zero-order chi connectivity index (χ0) is 19.6. The van der Waals surface area contributed by atoms with Crippen molar-refractivity contribution in [2.24, 2.45) is 11.7 Å². The lowest BCUT2D eigenvalue weighted by Gasteiger charge is -2.23. The van der Waals surface area contributed by atoms with Crippen LogP contribution in [0.15, 0.2) is 42.6 Å². The number of aromatic nitrogens is 2. The maximum Gasteiger partial charge on any atom is 0.171 e. The number of nitrogens with zero attached hydrogens (tertiary/aromatic N) is 2. The molecule has 0 amide bonds. The number of ether oxygens (including phenoxy) is 1. The third-order valence-electron chi connectivity index (χ3n) is 4.19. The van der Waals surface area contributed by atoms with Gasteiger partial charge in [0.05, 0.1) is 17.8 Å². The summed E-state index contributed by atoms with van der Waals surface area (Å²) in [7, 11) is 0. The average molecular weight is 388 g/mol. The topological polar surface area (TPSA) is 61.0 Å². The molecule has 2 aromatic heterocycles. The second kappa shape index (κ2) is 7.79. The van der Waals surface area contributed by atoms with Crippen LogP contribution in [-0.4, -0.2) is 22.1 Å². The van der Waals surface area contributed by atoms with E-state index in [9.17, 15) is 4.39 Å². The fourth-order valence-corrected chi connectivity index (χ4v) is 3.42. The molecule has 0 unspecified atom stereocenters. The highest BCUT2D eigenvalue weighted by Gasteiger charge is 2.17. The molecule has 27 heavy (non-hydrogen) atoms. The molecule has 0 radical (unpaired) electrons. The Labute approximate surface area is 163 Å². The molecule has 0 aliphatic rings. The van der Waals surface area contributed by atoms with Crippen molar-refractivity contribution in [3.63, 3.8) is 0 Å². The van der Waals surface area contributed by atoms with Crippen LogP contribution in [0.5, 0.6) is 5.75 Å². The molecule has 2 heterocycles. The lowest BCUT2D eigenvalue weighted by Crippen LogP contribution is -2.35. The summed E-state index contributed by atoms with van der Waals surface area (Å²) in [5.74, 6) is 0.503. The van der Waals surface area contributed by atoms with Crippen molar-refractivity contribution in [2.45, 2.75) is 32.7 Å². The smallest absolute Gasteiger partial charge is 0.171 e. The van der Waals surface area contributed by atoms with Crippen LogP contribution in [0.1, 0.15) is 27.2 Å². The van der Waals surface area contributed by atoms with E-state index in [1.165, 1.54) is 12.1 Å². The molecule has 1 atom stereocenters. The van der Waals surface area contributed by atoms with Crippen molar-refractivity contribution in [3.05, 3.63) is 53.6 Å². The van der Waals surface area contributed by atoms with Crippen LogP contribution in [-0.2, 0) is 0 Å². The first-order valence-electron chi connectivity index (χ1n) is 8.86. The van der Waals surface area contributed by atoms with Gasteiger partial charge in [0.2, 0.25) is 0 Å². The summed E-state index contributed by atoms with van der Waals surface area (Å²) in [5, 5.41) is 1.11. The fraction of sp³-hybridized carbons (Fsp3) is 0.333. The zero-order valence-electron chi connectivity index (χ0n) is 15.7. The van der Waals surface area contributed by atoms with E-state index in [1.54, 1.807) is 18.3 Å². The molecule has 0 aliphatic heterocycles. The Morgan fingerprint density at radius 1 is 1.22 bits per heavy atom. The summed E-state index contributed by atoms with van der Waals surface area (Å²) in [6.07, 6.45) is 2.48. The van der Waals surface area contributed by atoms with Crippen LogP contribution in [0.3, 0.4) is 0 Å². The lowest BCUT2D eigenvalue weighted by molar-refractivity contribution is 0.229. The number of hydrogen-bond acceptors (Lipinski definition) is 4. The SMILES string of the molecule is C[C@H](COc1ccc(-c2ccnc3cc(F)ccc23)nc1Cl)CC(C)(C)N. The van der Waals surface area contributed by atoms with Gasteiger partial charge in [-0.2, -0.15) is 0 Å².